The molecule has 76 valence electrons. The highest BCUT2D eigenvalue weighted by Crippen LogP contribution is 2.04. The summed E-state index contributed by atoms with van der Waals surface area (Å²) < 4.78 is 5.31. The average molecular weight is 201 g/mol. The lowest BCUT2D eigenvalue weighted by molar-refractivity contribution is 0.528. The second kappa shape index (κ2) is 4.41. The van der Waals surface area contributed by atoms with Gasteiger partial charge in [-0.05, 0) is 31.2 Å². The highest BCUT2D eigenvalue weighted by atomic mass is 16.3. The predicted molar refractivity (Wildman–Crippen MR) is 58.9 cm³/mol. The first-order valence-corrected chi connectivity index (χ1v) is 4.61. The Morgan fingerprint density at radius 1 is 1.33 bits per heavy atom. The van der Waals surface area contributed by atoms with Crippen molar-refractivity contribution in [3.05, 3.63) is 48.0 Å². The van der Waals surface area contributed by atoms with Crippen molar-refractivity contribution in [2.24, 2.45) is 5.10 Å². The molecule has 0 radical (unpaired) electrons. The maximum atomic E-state index is 5.31. The number of hydrogen-bond donors (Lipinski definition) is 1. The van der Waals surface area contributed by atoms with Gasteiger partial charge in [0.25, 0.3) is 0 Å². The number of hydrogen-bond acceptors (Lipinski definition) is 4. The average Bonchev–Trinajstić information content (AvgIpc) is 2.66. The topological polar surface area (TPSA) is 50.4 Å². The van der Waals surface area contributed by atoms with Crippen molar-refractivity contribution in [3.63, 3.8) is 0 Å². The molecule has 0 fully saturated rings. The van der Waals surface area contributed by atoms with E-state index in [9.17, 15) is 0 Å². The molecule has 2 heterocycles. The van der Waals surface area contributed by atoms with Gasteiger partial charge in [0, 0.05) is 6.20 Å². The number of pyridine rings is 1. The van der Waals surface area contributed by atoms with E-state index in [-0.39, 0.29) is 0 Å². The fourth-order valence-electron chi connectivity index (χ4n) is 1.11. The molecule has 0 amide bonds. The molecule has 4 heteroatoms. The van der Waals surface area contributed by atoms with Gasteiger partial charge in [-0.3, -0.25) is 5.43 Å². The number of rotatable bonds is 3. The SMILES string of the molecule is Cc1ccc(/C=N/Nc2ccccn2)o1. The Bertz CT molecular complexity index is 448. The Hall–Kier alpha value is -2.10. The van der Waals surface area contributed by atoms with Gasteiger partial charge in [0.15, 0.2) is 0 Å². The summed E-state index contributed by atoms with van der Waals surface area (Å²) in [6, 6.07) is 9.33. The van der Waals surface area contributed by atoms with E-state index in [4.69, 9.17) is 4.42 Å². The summed E-state index contributed by atoms with van der Waals surface area (Å²) in [4.78, 5) is 4.06. The third kappa shape index (κ3) is 2.67. The van der Waals surface area contributed by atoms with Crippen molar-refractivity contribution < 1.29 is 4.42 Å². The molecule has 2 rings (SSSR count). The van der Waals surface area contributed by atoms with Crippen molar-refractivity contribution in [2.45, 2.75) is 6.92 Å². The minimum Gasteiger partial charge on any atom is -0.460 e. The molecule has 0 aliphatic rings. The first-order chi connectivity index (χ1) is 7.34. The van der Waals surface area contributed by atoms with Crippen molar-refractivity contribution in [1.29, 1.82) is 0 Å². The van der Waals surface area contributed by atoms with E-state index in [1.165, 1.54) is 0 Å². The van der Waals surface area contributed by atoms with Gasteiger partial charge in [-0.2, -0.15) is 5.10 Å². The predicted octanol–water partition coefficient (Wildman–Crippen LogP) is 2.43. The van der Waals surface area contributed by atoms with Crippen LogP contribution < -0.4 is 5.43 Å². The van der Waals surface area contributed by atoms with Gasteiger partial charge >= 0.3 is 0 Å². The number of aryl methyl sites for hydroxylation is 1. The molecule has 0 spiro atoms. The van der Waals surface area contributed by atoms with Gasteiger partial charge in [-0.25, -0.2) is 4.98 Å². The van der Waals surface area contributed by atoms with E-state index < -0.39 is 0 Å². The summed E-state index contributed by atoms with van der Waals surface area (Å²) in [5.74, 6) is 2.29. The van der Waals surface area contributed by atoms with Gasteiger partial charge in [-0.1, -0.05) is 6.07 Å². The molecule has 0 aromatic carbocycles. The number of nitrogens with zero attached hydrogens (tertiary/aromatic N) is 2. The zero-order chi connectivity index (χ0) is 10.5. The molecule has 0 saturated heterocycles. The summed E-state index contributed by atoms with van der Waals surface area (Å²) in [6.07, 6.45) is 3.32. The Labute approximate surface area is 87.6 Å². The molecular weight excluding hydrogens is 190 g/mol. The van der Waals surface area contributed by atoms with Crippen LogP contribution in [0.3, 0.4) is 0 Å². The second-order valence-corrected chi connectivity index (χ2v) is 3.03. The highest BCUT2D eigenvalue weighted by molar-refractivity contribution is 5.76. The lowest BCUT2D eigenvalue weighted by Gasteiger charge is -1.95. The monoisotopic (exact) mass is 201 g/mol. The number of nitrogens with one attached hydrogen (secondary N) is 1. The van der Waals surface area contributed by atoms with Gasteiger partial charge in [0.1, 0.15) is 17.3 Å². The molecule has 1 N–H and O–H groups in total. The van der Waals surface area contributed by atoms with Crippen LogP contribution in [-0.4, -0.2) is 11.2 Å². The molecule has 0 saturated carbocycles. The van der Waals surface area contributed by atoms with E-state index in [1.54, 1.807) is 12.4 Å². The van der Waals surface area contributed by atoms with Crippen molar-refractivity contribution in [3.8, 4) is 0 Å². The molecule has 0 atom stereocenters. The Morgan fingerprint density at radius 3 is 2.93 bits per heavy atom. The molecule has 0 aliphatic heterocycles. The Morgan fingerprint density at radius 2 is 2.27 bits per heavy atom. The zero-order valence-corrected chi connectivity index (χ0v) is 8.34. The standard InChI is InChI=1S/C11H11N3O/c1-9-5-6-10(15-9)8-13-14-11-4-2-3-7-12-11/h2-8H,1H3,(H,12,14)/b13-8+. The molecule has 0 bridgehead atoms. The number of aromatic nitrogens is 1. The van der Waals surface area contributed by atoms with Crippen LogP contribution in [0.5, 0.6) is 0 Å². The fraction of sp³-hybridized carbons (Fsp3) is 0.0909. The Kier molecular flexibility index (Phi) is 2.78. The quantitative estimate of drug-likeness (QED) is 0.613. The number of anilines is 1. The Balaban J connectivity index is 1.96. The lowest BCUT2D eigenvalue weighted by Crippen LogP contribution is -1.91. The van der Waals surface area contributed by atoms with E-state index in [2.05, 4.69) is 15.5 Å². The van der Waals surface area contributed by atoms with Gasteiger partial charge < -0.3 is 4.42 Å². The van der Waals surface area contributed by atoms with Gasteiger partial charge in [0.05, 0.1) is 6.21 Å². The second-order valence-electron chi connectivity index (χ2n) is 3.03. The van der Waals surface area contributed by atoms with Crippen LogP contribution in [0.2, 0.25) is 0 Å². The van der Waals surface area contributed by atoms with Crippen LogP contribution in [-0.2, 0) is 0 Å². The maximum absolute atomic E-state index is 5.31. The number of furan rings is 1. The molecule has 0 aliphatic carbocycles. The minimum atomic E-state index is 0.706. The van der Waals surface area contributed by atoms with Crippen LogP contribution in [0, 0.1) is 6.92 Å². The van der Waals surface area contributed by atoms with Crippen molar-refractivity contribution >= 4 is 12.0 Å². The summed E-state index contributed by atoms with van der Waals surface area (Å²) in [5.41, 5.74) is 2.80. The highest BCUT2D eigenvalue weighted by Gasteiger charge is 1.93. The minimum absolute atomic E-state index is 0.706. The van der Waals surface area contributed by atoms with Crippen LogP contribution in [0.25, 0.3) is 0 Å². The summed E-state index contributed by atoms with van der Waals surface area (Å²) >= 11 is 0. The summed E-state index contributed by atoms with van der Waals surface area (Å²) in [5, 5.41) is 3.99. The molecule has 2 aromatic heterocycles. The molecule has 4 nitrogen and oxygen atoms in total. The van der Waals surface area contributed by atoms with Gasteiger partial charge in [-0.15, -0.1) is 0 Å². The lowest BCUT2D eigenvalue weighted by atomic mass is 10.4. The normalized spacial score (nSPS) is 10.7. The van der Waals surface area contributed by atoms with Crippen LogP contribution in [0.4, 0.5) is 5.82 Å². The van der Waals surface area contributed by atoms with Gasteiger partial charge in [0.2, 0.25) is 0 Å². The van der Waals surface area contributed by atoms with E-state index in [0.717, 1.165) is 11.5 Å². The number of hydrazone groups is 1. The van der Waals surface area contributed by atoms with E-state index in [1.807, 2.05) is 37.3 Å². The van der Waals surface area contributed by atoms with Crippen molar-refractivity contribution in [2.75, 3.05) is 5.43 Å². The molecule has 2 aromatic rings. The summed E-state index contributed by atoms with van der Waals surface area (Å²) in [6.45, 7) is 1.89. The third-order valence-corrected chi connectivity index (χ3v) is 1.80. The van der Waals surface area contributed by atoms with Crippen LogP contribution in [0.15, 0.2) is 46.0 Å². The first-order valence-electron chi connectivity index (χ1n) is 4.61. The zero-order valence-electron chi connectivity index (χ0n) is 8.34. The van der Waals surface area contributed by atoms with Crippen molar-refractivity contribution in [1.82, 2.24) is 4.98 Å². The third-order valence-electron chi connectivity index (χ3n) is 1.80. The smallest absolute Gasteiger partial charge is 0.147 e. The molecule has 0 unspecified atom stereocenters. The van der Waals surface area contributed by atoms with Crippen LogP contribution in [0.1, 0.15) is 11.5 Å². The first kappa shape index (κ1) is 9.45. The summed E-state index contributed by atoms with van der Waals surface area (Å²) in [7, 11) is 0. The molecular formula is C11H11N3O. The largest absolute Gasteiger partial charge is 0.460 e. The maximum Gasteiger partial charge on any atom is 0.147 e. The molecule has 15 heavy (non-hydrogen) atoms. The van der Waals surface area contributed by atoms with E-state index >= 15 is 0 Å². The fourth-order valence-corrected chi connectivity index (χ4v) is 1.11. The van der Waals surface area contributed by atoms with E-state index in [0.29, 0.717) is 5.82 Å². The van der Waals surface area contributed by atoms with Crippen LogP contribution >= 0.6 is 0 Å².